The molecular weight excluding hydrogens is 220 g/mol. The van der Waals surface area contributed by atoms with Crippen LogP contribution >= 0.6 is 0 Å². The first-order valence-electron chi connectivity index (χ1n) is 5.16. The van der Waals surface area contributed by atoms with E-state index >= 15 is 0 Å². The molecule has 17 heavy (non-hydrogen) atoms. The monoisotopic (exact) mass is 232 g/mol. The predicted molar refractivity (Wildman–Crippen MR) is 62.4 cm³/mol. The van der Waals surface area contributed by atoms with Crippen molar-refractivity contribution in [3.63, 3.8) is 0 Å². The molecule has 0 unspecified atom stereocenters. The number of fused-ring (bicyclic) bond motifs is 1. The van der Waals surface area contributed by atoms with E-state index in [9.17, 15) is 9.59 Å². The van der Waals surface area contributed by atoms with Crippen molar-refractivity contribution >= 4 is 22.8 Å². The molecule has 0 saturated carbocycles. The molecule has 0 bridgehead atoms. The zero-order chi connectivity index (χ0) is 12.4. The number of primary amides is 1. The summed E-state index contributed by atoms with van der Waals surface area (Å²) in [7, 11) is 0. The van der Waals surface area contributed by atoms with Gasteiger partial charge in [0.05, 0.1) is 0 Å². The molecule has 3 N–H and O–H groups in total. The number of aromatic nitrogens is 1. The van der Waals surface area contributed by atoms with E-state index in [2.05, 4.69) is 4.98 Å². The molecular formula is C12H12N2O3. The molecule has 0 spiro atoms. The Hall–Kier alpha value is -2.30. The smallest absolute Gasteiger partial charge is 0.355 e. The number of aromatic amines is 1. The van der Waals surface area contributed by atoms with Crippen LogP contribution in [0.25, 0.3) is 10.9 Å². The van der Waals surface area contributed by atoms with Gasteiger partial charge in [0.1, 0.15) is 5.69 Å². The second-order valence-corrected chi connectivity index (χ2v) is 3.72. The van der Waals surface area contributed by atoms with Crippen LogP contribution in [0.1, 0.15) is 17.4 Å². The minimum Gasteiger partial charge on any atom is -0.448 e. The van der Waals surface area contributed by atoms with Crippen molar-refractivity contribution in [1.29, 1.82) is 0 Å². The number of amides is 1. The summed E-state index contributed by atoms with van der Waals surface area (Å²) in [5, 5.41) is 0.908. The molecule has 1 aromatic heterocycles. The third kappa shape index (κ3) is 2.28. The number of H-pyrrole nitrogens is 1. The van der Waals surface area contributed by atoms with Gasteiger partial charge in [0.15, 0.2) is 6.10 Å². The van der Waals surface area contributed by atoms with Gasteiger partial charge < -0.3 is 15.5 Å². The Balaban J connectivity index is 2.22. The van der Waals surface area contributed by atoms with Gasteiger partial charge in [-0.3, -0.25) is 4.79 Å². The molecule has 1 aromatic carbocycles. The molecule has 0 aliphatic heterocycles. The number of rotatable bonds is 3. The zero-order valence-electron chi connectivity index (χ0n) is 9.27. The van der Waals surface area contributed by atoms with Crippen LogP contribution in [0.15, 0.2) is 30.3 Å². The normalized spacial score (nSPS) is 12.3. The predicted octanol–water partition coefficient (Wildman–Crippen LogP) is 1.20. The highest BCUT2D eigenvalue weighted by atomic mass is 16.5. The lowest BCUT2D eigenvalue weighted by Gasteiger charge is -2.07. The third-order valence-electron chi connectivity index (χ3n) is 2.43. The van der Waals surface area contributed by atoms with Crippen molar-refractivity contribution in [1.82, 2.24) is 4.98 Å². The van der Waals surface area contributed by atoms with Crippen LogP contribution in [0.3, 0.4) is 0 Å². The highest BCUT2D eigenvalue weighted by molar-refractivity contribution is 5.96. The van der Waals surface area contributed by atoms with E-state index in [4.69, 9.17) is 10.5 Å². The molecule has 0 saturated heterocycles. The quantitative estimate of drug-likeness (QED) is 0.779. The van der Waals surface area contributed by atoms with E-state index in [0.717, 1.165) is 10.9 Å². The maximum Gasteiger partial charge on any atom is 0.355 e. The fourth-order valence-electron chi connectivity index (χ4n) is 1.47. The Kier molecular flexibility index (Phi) is 2.82. The van der Waals surface area contributed by atoms with Gasteiger partial charge >= 0.3 is 5.97 Å². The molecule has 1 atom stereocenters. The van der Waals surface area contributed by atoms with Gasteiger partial charge in [-0.2, -0.15) is 0 Å². The van der Waals surface area contributed by atoms with Crippen molar-refractivity contribution in [2.75, 3.05) is 0 Å². The summed E-state index contributed by atoms with van der Waals surface area (Å²) < 4.78 is 4.88. The number of nitrogens with one attached hydrogen (secondary N) is 1. The molecule has 0 radical (unpaired) electrons. The highest BCUT2D eigenvalue weighted by Gasteiger charge is 2.17. The Labute approximate surface area is 97.6 Å². The molecule has 1 amide bonds. The van der Waals surface area contributed by atoms with E-state index < -0.39 is 18.0 Å². The summed E-state index contributed by atoms with van der Waals surface area (Å²) >= 11 is 0. The van der Waals surface area contributed by atoms with Gasteiger partial charge in [0.25, 0.3) is 5.91 Å². The van der Waals surface area contributed by atoms with Gasteiger partial charge in [0.2, 0.25) is 0 Å². The number of nitrogens with two attached hydrogens (primary N) is 1. The SMILES string of the molecule is C[C@@H](OC(=O)c1cc2ccccc2[nH]1)C(N)=O. The minimum absolute atomic E-state index is 0.305. The Morgan fingerprint density at radius 3 is 2.71 bits per heavy atom. The maximum atomic E-state index is 11.7. The number of para-hydroxylation sites is 1. The molecule has 0 fully saturated rings. The Morgan fingerprint density at radius 2 is 2.06 bits per heavy atom. The Bertz CT molecular complexity index is 541. The zero-order valence-corrected chi connectivity index (χ0v) is 9.27. The largest absolute Gasteiger partial charge is 0.448 e. The first-order valence-corrected chi connectivity index (χ1v) is 5.16. The molecule has 0 aliphatic carbocycles. The standard InChI is InChI=1S/C12H12N2O3/c1-7(11(13)15)17-12(16)10-6-8-4-2-3-5-9(8)14-10/h2-7,14H,1H3,(H2,13,15)/t7-/m1/s1. The molecule has 88 valence electrons. The highest BCUT2D eigenvalue weighted by Crippen LogP contribution is 2.15. The summed E-state index contributed by atoms with van der Waals surface area (Å²) in [5.41, 5.74) is 6.16. The van der Waals surface area contributed by atoms with Gasteiger partial charge in [-0.25, -0.2) is 4.79 Å². The number of hydrogen-bond acceptors (Lipinski definition) is 3. The lowest BCUT2D eigenvalue weighted by Crippen LogP contribution is -2.30. The van der Waals surface area contributed by atoms with Crippen LogP contribution in [0.2, 0.25) is 0 Å². The average Bonchev–Trinajstić information content (AvgIpc) is 2.72. The summed E-state index contributed by atoms with van der Waals surface area (Å²) in [5.74, 6) is -1.26. The van der Waals surface area contributed by atoms with Gasteiger partial charge in [-0.15, -0.1) is 0 Å². The van der Waals surface area contributed by atoms with E-state index in [0.29, 0.717) is 5.69 Å². The first-order chi connectivity index (χ1) is 8.08. The average molecular weight is 232 g/mol. The first kappa shape index (κ1) is 11.2. The fraction of sp³-hybridized carbons (Fsp3) is 0.167. The summed E-state index contributed by atoms with van der Waals surface area (Å²) in [6.45, 7) is 1.43. The van der Waals surface area contributed by atoms with E-state index in [1.165, 1.54) is 6.92 Å². The van der Waals surface area contributed by atoms with Crippen LogP contribution in [0.5, 0.6) is 0 Å². The number of ether oxygens (including phenoxy) is 1. The van der Waals surface area contributed by atoms with Crippen LogP contribution < -0.4 is 5.73 Å². The lowest BCUT2D eigenvalue weighted by atomic mass is 10.2. The summed E-state index contributed by atoms with van der Waals surface area (Å²) in [6, 6.07) is 9.13. The van der Waals surface area contributed by atoms with Crippen molar-refractivity contribution in [2.24, 2.45) is 5.73 Å². The number of benzene rings is 1. The van der Waals surface area contributed by atoms with E-state index in [1.807, 2.05) is 24.3 Å². The number of hydrogen-bond donors (Lipinski definition) is 2. The third-order valence-corrected chi connectivity index (χ3v) is 2.43. The number of esters is 1. The van der Waals surface area contributed by atoms with E-state index in [1.54, 1.807) is 6.07 Å². The summed E-state index contributed by atoms with van der Waals surface area (Å²) in [4.78, 5) is 25.4. The molecule has 5 nitrogen and oxygen atoms in total. The topological polar surface area (TPSA) is 85.2 Å². The van der Waals surface area contributed by atoms with Crippen molar-refractivity contribution in [2.45, 2.75) is 13.0 Å². The molecule has 1 heterocycles. The number of carbonyl (C=O) groups excluding carboxylic acids is 2. The Morgan fingerprint density at radius 1 is 1.35 bits per heavy atom. The van der Waals surface area contributed by atoms with Gasteiger partial charge in [0, 0.05) is 10.9 Å². The van der Waals surface area contributed by atoms with Crippen molar-refractivity contribution in [3.8, 4) is 0 Å². The maximum absolute atomic E-state index is 11.7. The minimum atomic E-state index is -0.936. The van der Waals surface area contributed by atoms with Crippen LogP contribution in [0.4, 0.5) is 0 Å². The van der Waals surface area contributed by atoms with E-state index in [-0.39, 0.29) is 0 Å². The molecule has 0 aliphatic rings. The van der Waals surface area contributed by atoms with Crippen LogP contribution in [-0.2, 0) is 9.53 Å². The fourth-order valence-corrected chi connectivity index (χ4v) is 1.47. The molecule has 2 aromatic rings. The molecule has 5 heteroatoms. The van der Waals surface area contributed by atoms with Gasteiger partial charge in [-0.05, 0) is 19.1 Å². The van der Waals surface area contributed by atoms with Crippen molar-refractivity contribution in [3.05, 3.63) is 36.0 Å². The van der Waals surface area contributed by atoms with Crippen molar-refractivity contribution < 1.29 is 14.3 Å². The molecule has 2 rings (SSSR count). The second-order valence-electron chi connectivity index (χ2n) is 3.72. The second kappa shape index (κ2) is 4.29. The van der Waals surface area contributed by atoms with Crippen LogP contribution in [0, 0.1) is 0 Å². The van der Waals surface area contributed by atoms with Crippen LogP contribution in [-0.4, -0.2) is 23.0 Å². The number of carbonyl (C=O) groups is 2. The van der Waals surface area contributed by atoms with Gasteiger partial charge in [-0.1, -0.05) is 18.2 Å². The lowest BCUT2D eigenvalue weighted by molar-refractivity contribution is -0.125. The summed E-state index contributed by atoms with van der Waals surface area (Å²) in [6.07, 6.45) is -0.936.